The fourth-order valence-electron chi connectivity index (χ4n) is 1.64. The summed E-state index contributed by atoms with van der Waals surface area (Å²) in [4.78, 5) is 24.7. The molecule has 1 heterocycles. The number of carbonyl (C=O) groups excluding carboxylic acids is 2. The average molecular weight is 213 g/mol. The number of anilines is 1. The van der Waals surface area contributed by atoms with Gasteiger partial charge in [-0.05, 0) is 18.6 Å². The highest BCUT2D eigenvalue weighted by atomic mass is 16.2. The number of benzene rings is 1. The lowest BCUT2D eigenvalue weighted by molar-refractivity contribution is -0.120. The standard InChI is InChI=1S/C13H11NO2/c1-2-6-10-9-12(15)14(13(10)16)11-7-4-3-5-8-11/h2-5,7-9H,1,6H2. The van der Waals surface area contributed by atoms with E-state index in [4.69, 9.17) is 0 Å². The zero-order valence-corrected chi connectivity index (χ0v) is 8.72. The van der Waals surface area contributed by atoms with Crippen molar-refractivity contribution in [3.8, 4) is 0 Å². The summed E-state index contributed by atoms with van der Waals surface area (Å²) in [6.07, 6.45) is 3.41. The number of amides is 2. The SMILES string of the molecule is C=CCC1=CC(=O)N(c2ccccc2)C1=O. The van der Waals surface area contributed by atoms with Crippen molar-refractivity contribution >= 4 is 17.5 Å². The number of rotatable bonds is 3. The summed E-state index contributed by atoms with van der Waals surface area (Å²) in [7, 11) is 0. The van der Waals surface area contributed by atoms with Crippen molar-refractivity contribution < 1.29 is 9.59 Å². The monoisotopic (exact) mass is 213 g/mol. The zero-order chi connectivity index (χ0) is 11.5. The Morgan fingerprint density at radius 3 is 2.50 bits per heavy atom. The van der Waals surface area contributed by atoms with Crippen LogP contribution < -0.4 is 4.90 Å². The number of imide groups is 1. The molecule has 3 nitrogen and oxygen atoms in total. The molecule has 0 fully saturated rings. The third kappa shape index (κ3) is 1.67. The molecular weight excluding hydrogens is 202 g/mol. The van der Waals surface area contributed by atoms with E-state index in [1.807, 2.05) is 6.07 Å². The second-order valence-corrected chi connectivity index (χ2v) is 3.48. The Hall–Kier alpha value is -2.16. The molecule has 0 unspecified atom stereocenters. The van der Waals surface area contributed by atoms with E-state index in [2.05, 4.69) is 6.58 Å². The maximum absolute atomic E-state index is 11.9. The van der Waals surface area contributed by atoms with E-state index in [1.165, 1.54) is 11.0 Å². The molecular formula is C13H11NO2. The van der Waals surface area contributed by atoms with E-state index in [0.29, 0.717) is 17.7 Å². The van der Waals surface area contributed by atoms with Crippen LogP contribution in [-0.4, -0.2) is 11.8 Å². The van der Waals surface area contributed by atoms with Crippen molar-refractivity contribution in [2.24, 2.45) is 0 Å². The molecule has 80 valence electrons. The Bertz CT molecular complexity index is 474. The van der Waals surface area contributed by atoms with Crippen LogP contribution >= 0.6 is 0 Å². The summed E-state index contributed by atoms with van der Waals surface area (Å²) in [5, 5.41) is 0. The van der Waals surface area contributed by atoms with Crippen molar-refractivity contribution in [1.82, 2.24) is 0 Å². The minimum Gasteiger partial charge on any atom is -0.269 e. The molecule has 1 aliphatic rings. The van der Waals surface area contributed by atoms with Crippen molar-refractivity contribution in [3.05, 3.63) is 54.6 Å². The summed E-state index contributed by atoms with van der Waals surface area (Å²) in [6.45, 7) is 3.56. The number of nitrogens with zero attached hydrogens (tertiary/aromatic N) is 1. The predicted octanol–water partition coefficient (Wildman–Crippen LogP) is 2.06. The molecule has 1 aromatic carbocycles. The Morgan fingerprint density at radius 1 is 1.19 bits per heavy atom. The molecule has 0 bridgehead atoms. The quantitative estimate of drug-likeness (QED) is 0.569. The number of hydrogen-bond acceptors (Lipinski definition) is 2. The first kappa shape index (κ1) is 10.4. The van der Waals surface area contributed by atoms with E-state index in [-0.39, 0.29) is 11.8 Å². The Balaban J connectivity index is 2.31. The first-order valence-corrected chi connectivity index (χ1v) is 4.99. The number of para-hydroxylation sites is 1. The van der Waals surface area contributed by atoms with Gasteiger partial charge in [-0.2, -0.15) is 0 Å². The van der Waals surface area contributed by atoms with E-state index >= 15 is 0 Å². The Kier molecular flexibility index (Phi) is 2.68. The minimum absolute atomic E-state index is 0.254. The molecule has 1 aliphatic heterocycles. The van der Waals surface area contributed by atoms with Crippen molar-refractivity contribution in [2.45, 2.75) is 6.42 Å². The Labute approximate surface area is 93.7 Å². The fraction of sp³-hybridized carbons (Fsp3) is 0.0769. The molecule has 0 saturated heterocycles. The molecule has 0 N–H and O–H groups in total. The first-order valence-electron chi connectivity index (χ1n) is 4.99. The van der Waals surface area contributed by atoms with Crippen LogP contribution in [0.3, 0.4) is 0 Å². The third-order valence-corrected chi connectivity index (χ3v) is 2.37. The molecule has 1 aromatic rings. The van der Waals surface area contributed by atoms with Crippen molar-refractivity contribution in [3.63, 3.8) is 0 Å². The third-order valence-electron chi connectivity index (χ3n) is 2.37. The van der Waals surface area contributed by atoms with Crippen molar-refractivity contribution in [1.29, 1.82) is 0 Å². The maximum Gasteiger partial charge on any atom is 0.261 e. The van der Waals surface area contributed by atoms with E-state index in [0.717, 1.165) is 0 Å². The lowest BCUT2D eigenvalue weighted by atomic mass is 10.2. The van der Waals surface area contributed by atoms with E-state index in [1.54, 1.807) is 30.3 Å². The average Bonchev–Trinajstić information content (AvgIpc) is 2.56. The van der Waals surface area contributed by atoms with Gasteiger partial charge in [0.15, 0.2) is 0 Å². The van der Waals surface area contributed by atoms with Crippen LogP contribution in [0.25, 0.3) is 0 Å². The topological polar surface area (TPSA) is 37.4 Å². The second-order valence-electron chi connectivity index (χ2n) is 3.48. The summed E-state index contributed by atoms with van der Waals surface area (Å²) in [5.41, 5.74) is 1.09. The molecule has 0 aliphatic carbocycles. The van der Waals surface area contributed by atoms with Crippen LogP contribution in [0.1, 0.15) is 6.42 Å². The van der Waals surface area contributed by atoms with Crippen LogP contribution in [0.4, 0.5) is 5.69 Å². The fourth-order valence-corrected chi connectivity index (χ4v) is 1.64. The molecule has 0 radical (unpaired) electrons. The van der Waals surface area contributed by atoms with Gasteiger partial charge in [0.25, 0.3) is 11.8 Å². The minimum atomic E-state index is -0.284. The van der Waals surface area contributed by atoms with Gasteiger partial charge in [-0.15, -0.1) is 6.58 Å². The lowest BCUT2D eigenvalue weighted by Crippen LogP contribution is -2.30. The lowest BCUT2D eigenvalue weighted by Gasteiger charge is -2.14. The number of hydrogen-bond donors (Lipinski definition) is 0. The molecule has 2 rings (SSSR count). The van der Waals surface area contributed by atoms with Gasteiger partial charge >= 0.3 is 0 Å². The van der Waals surface area contributed by atoms with Crippen LogP contribution in [0.15, 0.2) is 54.6 Å². The van der Waals surface area contributed by atoms with Gasteiger partial charge in [0.05, 0.1) is 5.69 Å². The largest absolute Gasteiger partial charge is 0.269 e. The van der Waals surface area contributed by atoms with Crippen LogP contribution in [0.5, 0.6) is 0 Å². The van der Waals surface area contributed by atoms with Gasteiger partial charge < -0.3 is 0 Å². The molecule has 0 saturated carbocycles. The van der Waals surface area contributed by atoms with E-state index in [9.17, 15) is 9.59 Å². The summed E-state index contributed by atoms with van der Waals surface area (Å²) in [6, 6.07) is 8.90. The smallest absolute Gasteiger partial charge is 0.261 e. The highest BCUT2D eigenvalue weighted by molar-refractivity contribution is 6.30. The van der Waals surface area contributed by atoms with Gasteiger partial charge in [-0.25, -0.2) is 4.90 Å². The van der Waals surface area contributed by atoms with Gasteiger partial charge in [-0.3, -0.25) is 9.59 Å². The predicted molar refractivity (Wildman–Crippen MR) is 61.8 cm³/mol. The van der Waals surface area contributed by atoms with Gasteiger partial charge in [-0.1, -0.05) is 24.3 Å². The number of allylic oxidation sites excluding steroid dienone is 1. The van der Waals surface area contributed by atoms with Crippen molar-refractivity contribution in [2.75, 3.05) is 4.90 Å². The molecule has 0 spiro atoms. The van der Waals surface area contributed by atoms with Crippen LogP contribution in [-0.2, 0) is 9.59 Å². The molecule has 3 heteroatoms. The summed E-state index contributed by atoms with van der Waals surface area (Å²) >= 11 is 0. The second kappa shape index (κ2) is 4.14. The summed E-state index contributed by atoms with van der Waals surface area (Å²) < 4.78 is 0. The maximum atomic E-state index is 11.9. The normalized spacial score (nSPS) is 15.2. The highest BCUT2D eigenvalue weighted by Crippen LogP contribution is 2.23. The van der Waals surface area contributed by atoms with Gasteiger partial charge in [0.2, 0.25) is 0 Å². The van der Waals surface area contributed by atoms with E-state index < -0.39 is 0 Å². The van der Waals surface area contributed by atoms with Gasteiger partial charge in [0.1, 0.15) is 0 Å². The molecule has 16 heavy (non-hydrogen) atoms. The molecule has 2 amide bonds. The Morgan fingerprint density at radius 2 is 1.88 bits per heavy atom. The van der Waals surface area contributed by atoms with Crippen LogP contribution in [0.2, 0.25) is 0 Å². The molecule has 0 atom stereocenters. The first-order chi connectivity index (χ1) is 7.74. The van der Waals surface area contributed by atoms with Crippen LogP contribution in [0, 0.1) is 0 Å². The van der Waals surface area contributed by atoms with Gasteiger partial charge in [0, 0.05) is 11.6 Å². The summed E-state index contributed by atoms with van der Waals surface area (Å²) in [5.74, 6) is -0.538. The number of carbonyl (C=O) groups is 2. The molecule has 0 aromatic heterocycles. The highest BCUT2D eigenvalue weighted by Gasteiger charge is 2.30. The zero-order valence-electron chi connectivity index (χ0n) is 8.72.